The smallest absolute Gasteiger partial charge is 0.262 e. The minimum atomic E-state index is -0.939. The van der Waals surface area contributed by atoms with Crippen molar-refractivity contribution in [3.63, 3.8) is 0 Å². The van der Waals surface area contributed by atoms with Crippen LogP contribution < -0.4 is 5.32 Å². The van der Waals surface area contributed by atoms with Gasteiger partial charge in [0.15, 0.2) is 5.13 Å². The first kappa shape index (κ1) is 21.0. The monoisotopic (exact) mass is 455 g/mol. The molecule has 0 saturated carbocycles. The second-order valence-corrected chi connectivity index (χ2v) is 9.16. The average Bonchev–Trinajstić information content (AvgIpc) is 3.38. The van der Waals surface area contributed by atoms with Gasteiger partial charge in [-0.2, -0.15) is 0 Å². The molecule has 0 saturated heterocycles. The largest absolute Gasteiger partial charge is 0.300 e. The number of hydrogen-bond acceptors (Lipinski definition) is 5. The van der Waals surface area contributed by atoms with Crippen molar-refractivity contribution in [1.82, 2.24) is 9.88 Å². The highest BCUT2D eigenvalue weighted by molar-refractivity contribution is 7.14. The van der Waals surface area contributed by atoms with Crippen LogP contribution in [0.15, 0.2) is 72.1 Å². The van der Waals surface area contributed by atoms with Crippen LogP contribution in [0.3, 0.4) is 0 Å². The molecule has 6 nitrogen and oxygen atoms in total. The van der Waals surface area contributed by atoms with Gasteiger partial charge >= 0.3 is 0 Å². The number of aromatic nitrogens is 1. The number of carbonyl (C=O) groups is 3. The Kier molecular flexibility index (Phi) is 5.26. The molecule has 1 aromatic heterocycles. The van der Waals surface area contributed by atoms with E-state index < -0.39 is 23.8 Å². The van der Waals surface area contributed by atoms with Gasteiger partial charge in [-0.05, 0) is 34.9 Å². The Balaban J connectivity index is 1.39. The van der Waals surface area contributed by atoms with Crippen molar-refractivity contribution < 1.29 is 14.4 Å². The summed E-state index contributed by atoms with van der Waals surface area (Å²) >= 11 is 1.31. The van der Waals surface area contributed by atoms with E-state index in [0.717, 1.165) is 26.9 Å². The third-order valence-corrected chi connectivity index (χ3v) is 6.54. The van der Waals surface area contributed by atoms with Gasteiger partial charge in [-0.15, -0.1) is 11.3 Å². The molecule has 4 aromatic rings. The molecule has 1 aliphatic heterocycles. The SMILES string of the molecule is CC(C)[C@@H](C(=O)Nc1nc(-c2ccc3ccccc3c2)cs1)N1C(=O)c2ccccc2C1=O. The van der Waals surface area contributed by atoms with Crippen LogP contribution in [0.25, 0.3) is 22.0 Å². The summed E-state index contributed by atoms with van der Waals surface area (Å²) in [5.74, 6) is -1.59. The number of imide groups is 1. The first-order valence-corrected chi connectivity index (χ1v) is 11.5. The van der Waals surface area contributed by atoms with Crippen molar-refractivity contribution in [2.24, 2.45) is 5.92 Å². The molecule has 5 rings (SSSR count). The molecule has 3 amide bonds. The van der Waals surface area contributed by atoms with E-state index >= 15 is 0 Å². The van der Waals surface area contributed by atoms with Crippen LogP contribution >= 0.6 is 11.3 Å². The first-order valence-electron chi connectivity index (χ1n) is 10.7. The highest BCUT2D eigenvalue weighted by Gasteiger charge is 2.44. The topological polar surface area (TPSA) is 79.4 Å². The fourth-order valence-electron chi connectivity index (χ4n) is 4.17. The number of benzene rings is 3. The van der Waals surface area contributed by atoms with Gasteiger partial charge in [0.25, 0.3) is 11.8 Å². The maximum Gasteiger partial charge on any atom is 0.262 e. The standard InChI is InChI=1S/C26H21N3O3S/c1-15(2)22(29-24(31)19-9-5-6-10-20(19)25(29)32)23(30)28-26-27-21(14-33-26)18-12-11-16-7-3-4-8-17(16)13-18/h3-15,22H,1-2H3,(H,27,28,30)/t22-/m0/s1. The molecule has 1 N–H and O–H groups in total. The molecule has 0 aliphatic carbocycles. The third-order valence-electron chi connectivity index (χ3n) is 5.78. The molecule has 0 spiro atoms. The van der Waals surface area contributed by atoms with E-state index in [1.54, 1.807) is 24.3 Å². The Morgan fingerprint density at radius 2 is 1.55 bits per heavy atom. The van der Waals surface area contributed by atoms with E-state index in [1.807, 2.05) is 49.6 Å². The molecule has 0 fully saturated rings. The summed E-state index contributed by atoms with van der Waals surface area (Å²) < 4.78 is 0. The summed E-state index contributed by atoms with van der Waals surface area (Å²) in [5, 5.41) is 7.38. The van der Waals surface area contributed by atoms with E-state index in [2.05, 4.69) is 22.4 Å². The Bertz CT molecular complexity index is 1370. The van der Waals surface area contributed by atoms with Crippen molar-refractivity contribution in [3.8, 4) is 11.3 Å². The quantitative estimate of drug-likeness (QED) is 0.418. The number of carbonyl (C=O) groups excluding carboxylic acids is 3. The second-order valence-electron chi connectivity index (χ2n) is 8.30. The number of rotatable bonds is 5. The van der Waals surface area contributed by atoms with Crippen LogP contribution in [0.4, 0.5) is 5.13 Å². The van der Waals surface area contributed by atoms with Crippen molar-refractivity contribution in [3.05, 3.63) is 83.2 Å². The van der Waals surface area contributed by atoms with Crippen molar-refractivity contribution in [2.45, 2.75) is 19.9 Å². The summed E-state index contributed by atoms with van der Waals surface area (Å²) in [4.78, 5) is 44.7. The maximum absolute atomic E-state index is 13.2. The van der Waals surface area contributed by atoms with Gasteiger partial charge in [-0.3, -0.25) is 19.3 Å². The minimum absolute atomic E-state index is 0.271. The number of nitrogens with one attached hydrogen (secondary N) is 1. The maximum atomic E-state index is 13.2. The lowest BCUT2D eigenvalue weighted by atomic mass is 10.0. The lowest BCUT2D eigenvalue weighted by Crippen LogP contribution is -2.50. The van der Waals surface area contributed by atoms with Crippen LogP contribution in [0.2, 0.25) is 0 Å². The molecule has 0 radical (unpaired) electrons. The van der Waals surface area contributed by atoms with E-state index in [9.17, 15) is 14.4 Å². The number of hydrogen-bond donors (Lipinski definition) is 1. The number of amides is 3. The lowest BCUT2D eigenvalue weighted by Gasteiger charge is -2.27. The molecule has 2 heterocycles. The highest BCUT2D eigenvalue weighted by Crippen LogP contribution is 2.30. The summed E-state index contributed by atoms with van der Waals surface area (Å²) in [6.07, 6.45) is 0. The van der Waals surface area contributed by atoms with Crippen molar-refractivity contribution in [2.75, 3.05) is 5.32 Å². The zero-order valence-electron chi connectivity index (χ0n) is 18.1. The third kappa shape index (κ3) is 3.70. The van der Waals surface area contributed by atoms with Crippen LogP contribution in [-0.2, 0) is 4.79 Å². The summed E-state index contributed by atoms with van der Waals surface area (Å²) in [6.45, 7) is 3.63. The number of anilines is 1. The zero-order valence-corrected chi connectivity index (χ0v) is 18.9. The molecule has 164 valence electrons. The Hall–Kier alpha value is -3.84. The van der Waals surface area contributed by atoms with Gasteiger partial charge in [0.2, 0.25) is 5.91 Å². The summed E-state index contributed by atoms with van der Waals surface area (Å²) in [6, 6.07) is 19.9. The van der Waals surface area contributed by atoms with Crippen LogP contribution in [-0.4, -0.2) is 33.6 Å². The number of fused-ring (bicyclic) bond motifs is 2. The van der Waals surface area contributed by atoms with Gasteiger partial charge in [0.1, 0.15) is 6.04 Å². The predicted octanol–water partition coefficient (Wildman–Crippen LogP) is 5.22. The van der Waals surface area contributed by atoms with Gasteiger partial charge < -0.3 is 5.32 Å². The molecular weight excluding hydrogens is 434 g/mol. The van der Waals surface area contributed by atoms with Gasteiger partial charge in [0.05, 0.1) is 16.8 Å². The minimum Gasteiger partial charge on any atom is -0.300 e. The Labute approximate surface area is 194 Å². The number of thiazole rings is 1. The summed E-state index contributed by atoms with van der Waals surface area (Å²) in [5.41, 5.74) is 2.36. The van der Waals surface area contributed by atoms with E-state index in [1.165, 1.54) is 11.3 Å². The molecule has 1 atom stereocenters. The molecular formula is C26H21N3O3S. The fraction of sp³-hybridized carbons (Fsp3) is 0.154. The van der Waals surface area contributed by atoms with Gasteiger partial charge in [-0.25, -0.2) is 4.98 Å². The van der Waals surface area contributed by atoms with Crippen LogP contribution in [0.5, 0.6) is 0 Å². The molecule has 3 aromatic carbocycles. The predicted molar refractivity (Wildman–Crippen MR) is 129 cm³/mol. The van der Waals surface area contributed by atoms with Crippen molar-refractivity contribution in [1.29, 1.82) is 0 Å². The van der Waals surface area contributed by atoms with E-state index in [0.29, 0.717) is 16.3 Å². The van der Waals surface area contributed by atoms with Crippen molar-refractivity contribution >= 4 is 45.0 Å². The lowest BCUT2D eigenvalue weighted by molar-refractivity contribution is -0.121. The normalized spacial score (nSPS) is 14.1. The van der Waals surface area contributed by atoms with E-state index in [-0.39, 0.29) is 5.92 Å². The van der Waals surface area contributed by atoms with Gasteiger partial charge in [-0.1, -0.05) is 62.4 Å². The Morgan fingerprint density at radius 1 is 0.909 bits per heavy atom. The molecule has 0 unspecified atom stereocenters. The Morgan fingerprint density at radius 3 is 2.21 bits per heavy atom. The molecule has 1 aliphatic rings. The molecule has 0 bridgehead atoms. The van der Waals surface area contributed by atoms with E-state index in [4.69, 9.17) is 0 Å². The average molecular weight is 456 g/mol. The van der Waals surface area contributed by atoms with Crippen LogP contribution in [0, 0.1) is 5.92 Å². The number of nitrogens with zero attached hydrogens (tertiary/aromatic N) is 2. The van der Waals surface area contributed by atoms with Gasteiger partial charge in [0, 0.05) is 10.9 Å². The highest BCUT2D eigenvalue weighted by atomic mass is 32.1. The summed E-state index contributed by atoms with van der Waals surface area (Å²) in [7, 11) is 0. The molecule has 33 heavy (non-hydrogen) atoms. The van der Waals surface area contributed by atoms with Crippen LogP contribution in [0.1, 0.15) is 34.6 Å². The first-order chi connectivity index (χ1) is 15.9. The fourth-order valence-corrected chi connectivity index (χ4v) is 4.89. The molecule has 7 heteroatoms. The second kappa shape index (κ2) is 8.26. The zero-order chi connectivity index (χ0) is 23.1.